The molecule has 1 heterocycles. The number of hydrogen-bond donors (Lipinski definition) is 1. The molecule has 3 rings (SSSR count). The van der Waals surface area contributed by atoms with E-state index in [0.29, 0.717) is 5.71 Å². The van der Waals surface area contributed by atoms with Crippen molar-refractivity contribution in [1.82, 2.24) is 9.78 Å². The van der Waals surface area contributed by atoms with E-state index in [1.54, 1.807) is 6.08 Å². The van der Waals surface area contributed by atoms with E-state index >= 15 is 0 Å². The van der Waals surface area contributed by atoms with Crippen molar-refractivity contribution in [3.8, 4) is 0 Å². The number of hydrogen-bond acceptors (Lipinski definition) is 7. The molecule has 0 atom stereocenters. The Bertz CT molecular complexity index is 1170. The molecular weight excluding hydrogens is 400 g/mol. The number of hydrazone groups is 1. The number of nitrogens with one attached hydrogen (secondary N) is 1. The second kappa shape index (κ2) is 9.44. The highest BCUT2D eigenvalue weighted by Gasteiger charge is 2.19. The van der Waals surface area contributed by atoms with Crippen molar-refractivity contribution in [1.29, 1.82) is 0 Å². The Morgan fingerprint density at radius 2 is 1.90 bits per heavy atom. The number of non-ortho nitro benzene ring substituents is 1. The molecule has 10 nitrogen and oxygen atoms in total. The molecule has 1 N–H and O–H groups in total. The van der Waals surface area contributed by atoms with Crippen molar-refractivity contribution < 1.29 is 9.85 Å². The molecule has 31 heavy (non-hydrogen) atoms. The largest absolute Gasteiger partial charge is 0.301 e. The van der Waals surface area contributed by atoms with Crippen LogP contribution in [0.3, 0.4) is 0 Å². The number of nitro benzene ring substituents is 2. The smallest absolute Gasteiger partial charge is 0.272 e. The highest BCUT2D eigenvalue weighted by Crippen LogP contribution is 2.29. The summed E-state index contributed by atoms with van der Waals surface area (Å²) in [5.41, 5.74) is 5.02. The van der Waals surface area contributed by atoms with Crippen LogP contribution >= 0.6 is 0 Å². The fourth-order valence-electron chi connectivity index (χ4n) is 2.83. The highest BCUT2D eigenvalue weighted by molar-refractivity contribution is 6.11. The summed E-state index contributed by atoms with van der Waals surface area (Å²) in [7, 11) is 0. The van der Waals surface area contributed by atoms with Crippen LogP contribution < -0.4 is 5.43 Å². The standard InChI is InChI=1S/C21H20N6O4/c1-3-25-14-17(15(2)24-25)9-11-19(16-7-5-4-6-8-16)22-23-20-12-10-18(26(28)29)13-21(20)27(30)31/h4-14,23H,3H2,1-2H3. The number of nitro groups is 2. The first-order chi connectivity index (χ1) is 14.9. The van der Waals surface area contributed by atoms with Crippen LogP contribution in [0.15, 0.2) is 65.9 Å². The summed E-state index contributed by atoms with van der Waals surface area (Å²) in [6.45, 7) is 4.65. The molecule has 0 saturated carbocycles. The van der Waals surface area contributed by atoms with Crippen molar-refractivity contribution in [3.63, 3.8) is 0 Å². The third-order valence-corrected chi connectivity index (χ3v) is 4.48. The van der Waals surface area contributed by atoms with Crippen molar-refractivity contribution in [2.24, 2.45) is 5.10 Å². The van der Waals surface area contributed by atoms with Gasteiger partial charge in [0.1, 0.15) is 5.69 Å². The molecule has 0 radical (unpaired) electrons. The fraction of sp³-hybridized carbons (Fsp3) is 0.143. The van der Waals surface area contributed by atoms with Gasteiger partial charge in [0.2, 0.25) is 0 Å². The summed E-state index contributed by atoms with van der Waals surface area (Å²) >= 11 is 0. The Kier molecular flexibility index (Phi) is 6.51. The van der Waals surface area contributed by atoms with Gasteiger partial charge in [-0.3, -0.25) is 30.3 Å². The monoisotopic (exact) mass is 420 g/mol. The predicted molar refractivity (Wildman–Crippen MR) is 118 cm³/mol. The summed E-state index contributed by atoms with van der Waals surface area (Å²) in [5.74, 6) is 0. The summed E-state index contributed by atoms with van der Waals surface area (Å²) in [5, 5.41) is 31.0. The van der Waals surface area contributed by atoms with Gasteiger partial charge in [0.25, 0.3) is 5.69 Å². The molecule has 3 aromatic rings. The van der Waals surface area contributed by atoms with Crippen molar-refractivity contribution >= 4 is 28.8 Å². The number of benzene rings is 2. The van der Waals surface area contributed by atoms with Crippen molar-refractivity contribution in [2.75, 3.05) is 5.43 Å². The zero-order valence-corrected chi connectivity index (χ0v) is 16.9. The topological polar surface area (TPSA) is 128 Å². The van der Waals surface area contributed by atoms with Gasteiger partial charge >= 0.3 is 5.69 Å². The minimum atomic E-state index is -0.689. The summed E-state index contributed by atoms with van der Waals surface area (Å²) in [4.78, 5) is 20.9. The summed E-state index contributed by atoms with van der Waals surface area (Å²) in [6, 6.07) is 12.6. The molecule has 2 aromatic carbocycles. The second-order valence-corrected chi connectivity index (χ2v) is 6.55. The molecule has 0 saturated heterocycles. The minimum Gasteiger partial charge on any atom is -0.272 e. The summed E-state index contributed by atoms with van der Waals surface area (Å²) in [6.07, 6.45) is 5.57. The molecule has 0 unspecified atom stereocenters. The van der Waals surface area contributed by atoms with Crippen LogP contribution in [0.2, 0.25) is 0 Å². The SMILES string of the molecule is CCn1cc(C=CC(=NNc2ccc([N+](=O)[O-])cc2[N+](=O)[O-])c2ccccc2)c(C)n1. The van der Waals surface area contributed by atoms with Gasteiger partial charge in [-0.25, -0.2) is 0 Å². The molecule has 0 fully saturated rings. The Morgan fingerprint density at radius 3 is 2.52 bits per heavy atom. The number of aryl methyl sites for hydroxylation is 2. The fourth-order valence-corrected chi connectivity index (χ4v) is 2.83. The maximum absolute atomic E-state index is 11.4. The molecule has 0 aliphatic rings. The lowest BCUT2D eigenvalue weighted by Crippen LogP contribution is -2.03. The Balaban J connectivity index is 1.97. The second-order valence-electron chi connectivity index (χ2n) is 6.55. The third kappa shape index (κ3) is 5.18. The van der Waals surface area contributed by atoms with E-state index in [9.17, 15) is 20.2 Å². The first kappa shape index (κ1) is 21.4. The van der Waals surface area contributed by atoms with Crippen LogP contribution in [0.4, 0.5) is 17.1 Å². The van der Waals surface area contributed by atoms with Crippen LogP contribution in [-0.4, -0.2) is 25.3 Å². The van der Waals surface area contributed by atoms with Crippen LogP contribution in [-0.2, 0) is 6.54 Å². The lowest BCUT2D eigenvalue weighted by atomic mass is 10.1. The normalized spacial score (nSPS) is 11.6. The number of allylic oxidation sites excluding steroid dienone is 1. The number of rotatable bonds is 8. The zero-order chi connectivity index (χ0) is 22.4. The minimum absolute atomic E-state index is 0.0485. The predicted octanol–water partition coefficient (Wildman–Crippen LogP) is 4.56. The number of anilines is 1. The zero-order valence-electron chi connectivity index (χ0n) is 16.9. The average molecular weight is 420 g/mol. The van der Waals surface area contributed by atoms with Crippen LogP contribution in [0, 0.1) is 27.2 Å². The number of nitrogens with zero attached hydrogens (tertiary/aromatic N) is 5. The van der Waals surface area contributed by atoms with E-state index < -0.39 is 15.5 Å². The lowest BCUT2D eigenvalue weighted by molar-refractivity contribution is -0.393. The van der Waals surface area contributed by atoms with Gasteiger partial charge < -0.3 is 0 Å². The molecule has 158 valence electrons. The molecular formula is C21H20N6O4. The number of aromatic nitrogens is 2. The first-order valence-corrected chi connectivity index (χ1v) is 9.43. The highest BCUT2D eigenvalue weighted by atomic mass is 16.6. The molecule has 0 aliphatic heterocycles. The summed E-state index contributed by atoms with van der Waals surface area (Å²) < 4.78 is 1.83. The average Bonchev–Trinajstić information content (AvgIpc) is 3.13. The first-order valence-electron chi connectivity index (χ1n) is 9.43. The van der Waals surface area contributed by atoms with Crippen LogP contribution in [0.25, 0.3) is 6.08 Å². The Hall–Kier alpha value is -4.34. The Labute approximate surface area is 177 Å². The molecule has 0 aliphatic carbocycles. The van der Waals surface area contributed by atoms with Gasteiger partial charge in [0.05, 0.1) is 27.3 Å². The quantitative estimate of drug-likeness (QED) is 0.323. The van der Waals surface area contributed by atoms with E-state index in [1.165, 1.54) is 12.1 Å². The van der Waals surface area contributed by atoms with Crippen molar-refractivity contribution in [3.05, 3.63) is 97.9 Å². The Morgan fingerprint density at radius 1 is 1.16 bits per heavy atom. The molecule has 10 heteroatoms. The van der Waals surface area contributed by atoms with Crippen LogP contribution in [0.5, 0.6) is 0 Å². The van der Waals surface area contributed by atoms with Crippen LogP contribution in [0.1, 0.15) is 23.7 Å². The van der Waals surface area contributed by atoms with Gasteiger partial charge in [0.15, 0.2) is 0 Å². The third-order valence-electron chi connectivity index (χ3n) is 4.48. The van der Waals surface area contributed by atoms with E-state index in [1.807, 2.05) is 61.1 Å². The van der Waals surface area contributed by atoms with Gasteiger partial charge in [-0.05, 0) is 32.1 Å². The van der Waals surface area contributed by atoms with E-state index in [-0.39, 0.29) is 11.4 Å². The molecule has 0 bridgehead atoms. The van der Waals surface area contributed by atoms with Gasteiger partial charge in [-0.15, -0.1) is 0 Å². The molecule has 0 spiro atoms. The van der Waals surface area contributed by atoms with E-state index in [0.717, 1.165) is 29.4 Å². The lowest BCUT2D eigenvalue weighted by Gasteiger charge is -2.05. The van der Waals surface area contributed by atoms with Crippen molar-refractivity contribution in [2.45, 2.75) is 20.4 Å². The molecule has 0 amide bonds. The maximum Gasteiger partial charge on any atom is 0.301 e. The maximum atomic E-state index is 11.4. The van der Waals surface area contributed by atoms with Gasteiger partial charge in [0, 0.05) is 29.9 Å². The van der Waals surface area contributed by atoms with Gasteiger partial charge in [-0.2, -0.15) is 10.2 Å². The van der Waals surface area contributed by atoms with E-state index in [2.05, 4.69) is 15.6 Å². The van der Waals surface area contributed by atoms with Gasteiger partial charge in [-0.1, -0.05) is 30.3 Å². The van der Waals surface area contributed by atoms with E-state index in [4.69, 9.17) is 0 Å². The molecule has 1 aromatic heterocycles.